The van der Waals surface area contributed by atoms with Gasteiger partial charge in [0.2, 0.25) is 5.91 Å². The van der Waals surface area contributed by atoms with Crippen molar-refractivity contribution in [3.05, 3.63) is 24.3 Å². The van der Waals surface area contributed by atoms with Crippen LogP contribution in [0.1, 0.15) is 6.92 Å². The molecule has 0 bridgehead atoms. The van der Waals surface area contributed by atoms with Gasteiger partial charge in [0.05, 0.1) is 22.9 Å². The minimum Gasteiger partial charge on any atom is -0.364 e. The molecule has 1 saturated heterocycles. The lowest BCUT2D eigenvalue weighted by atomic mass is 10.3. The average Bonchev–Trinajstić information content (AvgIpc) is 2.55. The number of likely N-dealkylation sites (N-methyl/N-ethyl adjacent to an activating group) is 1. The molecule has 1 aromatic carbocycles. The molecule has 0 radical (unpaired) electrons. The molecular formula is C15H23N3O3S. The van der Waals surface area contributed by atoms with Crippen molar-refractivity contribution in [2.24, 2.45) is 0 Å². The number of piperazine rings is 1. The van der Waals surface area contributed by atoms with E-state index in [2.05, 4.69) is 5.32 Å². The van der Waals surface area contributed by atoms with Gasteiger partial charge >= 0.3 is 0 Å². The number of hydrogen-bond acceptors (Lipinski definition) is 5. The van der Waals surface area contributed by atoms with E-state index in [4.69, 9.17) is 0 Å². The molecule has 6 nitrogen and oxygen atoms in total. The zero-order chi connectivity index (χ0) is 16.2. The zero-order valence-corrected chi connectivity index (χ0v) is 13.9. The summed E-state index contributed by atoms with van der Waals surface area (Å²) >= 11 is 0. The predicted molar refractivity (Wildman–Crippen MR) is 86.9 cm³/mol. The van der Waals surface area contributed by atoms with Crippen LogP contribution in [0.4, 0.5) is 5.69 Å². The minimum atomic E-state index is -3.31. The second-order valence-corrected chi connectivity index (χ2v) is 7.60. The lowest BCUT2D eigenvalue weighted by molar-refractivity contribution is -0.130. The minimum absolute atomic E-state index is 0.0210. The number of hydrogen-bond donors (Lipinski definition) is 1. The second-order valence-electron chi connectivity index (χ2n) is 5.36. The molecule has 0 spiro atoms. The third kappa shape index (κ3) is 3.78. The maximum Gasteiger partial charge on any atom is 0.242 e. The highest BCUT2D eigenvalue weighted by atomic mass is 32.2. The Morgan fingerprint density at radius 2 is 1.91 bits per heavy atom. The summed E-state index contributed by atoms with van der Waals surface area (Å²) in [5, 5.41) is 3.20. The number of nitrogens with one attached hydrogen (secondary N) is 1. The Bertz CT molecular complexity index is 625. The van der Waals surface area contributed by atoms with Crippen LogP contribution >= 0.6 is 0 Å². The molecule has 2 rings (SSSR count). The van der Waals surface area contributed by atoms with Crippen molar-refractivity contribution < 1.29 is 13.2 Å². The molecule has 1 amide bonds. The average molecular weight is 325 g/mol. The summed E-state index contributed by atoms with van der Waals surface area (Å²) in [6.45, 7) is 4.80. The SMILES string of the molecule is CCS(=O)(=O)c1ccccc1N(C)CC(=O)N1CCNCC1. The van der Waals surface area contributed by atoms with Gasteiger partial charge in [-0.15, -0.1) is 0 Å². The van der Waals surface area contributed by atoms with Gasteiger partial charge in [0, 0.05) is 33.2 Å². The monoisotopic (exact) mass is 325 g/mol. The fraction of sp³-hybridized carbons (Fsp3) is 0.533. The smallest absolute Gasteiger partial charge is 0.242 e. The second kappa shape index (κ2) is 7.11. The quantitative estimate of drug-likeness (QED) is 0.846. The van der Waals surface area contributed by atoms with Gasteiger partial charge in [-0.25, -0.2) is 8.42 Å². The van der Waals surface area contributed by atoms with Gasteiger partial charge in [-0.3, -0.25) is 4.79 Å². The number of anilines is 1. The first-order chi connectivity index (χ1) is 10.5. The number of carbonyl (C=O) groups excluding carboxylic acids is 1. The third-order valence-corrected chi connectivity index (χ3v) is 5.61. The summed E-state index contributed by atoms with van der Waals surface area (Å²) < 4.78 is 24.4. The predicted octanol–water partition coefficient (Wildman–Crippen LogP) is 0.348. The van der Waals surface area contributed by atoms with Crippen LogP contribution in [0.5, 0.6) is 0 Å². The maximum absolute atomic E-state index is 12.3. The van der Waals surface area contributed by atoms with Crippen molar-refractivity contribution in [1.29, 1.82) is 0 Å². The lowest BCUT2D eigenvalue weighted by Crippen LogP contribution is -2.49. The summed E-state index contributed by atoms with van der Waals surface area (Å²) in [4.78, 5) is 16.1. The van der Waals surface area contributed by atoms with Gasteiger partial charge in [-0.2, -0.15) is 0 Å². The molecule has 0 aliphatic carbocycles. The molecule has 1 heterocycles. The van der Waals surface area contributed by atoms with Gasteiger partial charge in [0.1, 0.15) is 0 Å². The number of amides is 1. The molecule has 1 fully saturated rings. The van der Waals surface area contributed by atoms with Crippen LogP contribution in [0.25, 0.3) is 0 Å². The molecule has 0 aromatic heterocycles. The van der Waals surface area contributed by atoms with E-state index in [9.17, 15) is 13.2 Å². The van der Waals surface area contributed by atoms with E-state index in [-0.39, 0.29) is 23.1 Å². The first-order valence-electron chi connectivity index (χ1n) is 7.47. The van der Waals surface area contributed by atoms with Crippen molar-refractivity contribution in [3.63, 3.8) is 0 Å². The van der Waals surface area contributed by atoms with Gasteiger partial charge in [-0.1, -0.05) is 19.1 Å². The van der Waals surface area contributed by atoms with Crippen LogP contribution in [0, 0.1) is 0 Å². The molecule has 1 N–H and O–H groups in total. The van der Waals surface area contributed by atoms with E-state index in [0.717, 1.165) is 13.1 Å². The summed E-state index contributed by atoms with van der Waals surface area (Å²) in [7, 11) is -1.56. The van der Waals surface area contributed by atoms with Crippen molar-refractivity contribution in [1.82, 2.24) is 10.2 Å². The van der Waals surface area contributed by atoms with Crippen LogP contribution in [0.15, 0.2) is 29.2 Å². The first kappa shape index (κ1) is 16.8. The Hall–Kier alpha value is -1.60. The molecule has 0 unspecified atom stereocenters. The fourth-order valence-electron chi connectivity index (χ4n) is 2.49. The van der Waals surface area contributed by atoms with Crippen LogP contribution < -0.4 is 10.2 Å². The number of carbonyl (C=O) groups is 1. The molecule has 0 atom stereocenters. The molecule has 1 aliphatic rings. The largest absolute Gasteiger partial charge is 0.364 e. The zero-order valence-electron chi connectivity index (χ0n) is 13.1. The number of rotatable bonds is 5. The standard InChI is InChI=1S/C15H23N3O3S/c1-3-22(20,21)14-7-5-4-6-13(14)17(2)12-15(19)18-10-8-16-9-11-18/h4-7,16H,3,8-12H2,1-2H3. The van der Waals surface area contributed by atoms with Gasteiger partial charge in [-0.05, 0) is 12.1 Å². The summed E-state index contributed by atoms with van der Waals surface area (Å²) in [6.07, 6.45) is 0. The number of nitrogens with zero attached hydrogens (tertiary/aromatic N) is 2. The maximum atomic E-state index is 12.3. The molecule has 1 aromatic rings. The Morgan fingerprint density at radius 1 is 1.27 bits per heavy atom. The highest BCUT2D eigenvalue weighted by Crippen LogP contribution is 2.25. The van der Waals surface area contributed by atoms with E-state index in [1.54, 1.807) is 43.1 Å². The van der Waals surface area contributed by atoms with Gasteiger partial charge < -0.3 is 15.1 Å². The molecule has 1 aliphatic heterocycles. The Balaban J connectivity index is 2.16. The van der Waals surface area contributed by atoms with Crippen molar-refractivity contribution in [2.75, 3.05) is 50.4 Å². The Kier molecular flexibility index (Phi) is 5.42. The summed E-state index contributed by atoms with van der Waals surface area (Å²) in [6, 6.07) is 6.83. The molecular weight excluding hydrogens is 302 g/mol. The van der Waals surface area contributed by atoms with Crippen molar-refractivity contribution >= 4 is 21.4 Å². The Morgan fingerprint density at radius 3 is 2.55 bits per heavy atom. The number of benzene rings is 1. The number of sulfone groups is 1. The molecule has 0 saturated carbocycles. The van der Waals surface area contributed by atoms with E-state index in [1.807, 2.05) is 4.90 Å². The van der Waals surface area contributed by atoms with E-state index < -0.39 is 9.84 Å². The number of para-hydroxylation sites is 1. The van der Waals surface area contributed by atoms with Crippen molar-refractivity contribution in [2.45, 2.75) is 11.8 Å². The van der Waals surface area contributed by atoms with Crippen LogP contribution in [0.3, 0.4) is 0 Å². The molecule has 22 heavy (non-hydrogen) atoms. The van der Waals surface area contributed by atoms with Gasteiger partial charge in [0.15, 0.2) is 9.84 Å². The topological polar surface area (TPSA) is 69.7 Å². The van der Waals surface area contributed by atoms with Crippen LogP contribution in [-0.2, 0) is 14.6 Å². The molecule has 122 valence electrons. The summed E-state index contributed by atoms with van der Waals surface area (Å²) in [5.41, 5.74) is 0.577. The molecule has 7 heteroatoms. The highest BCUT2D eigenvalue weighted by molar-refractivity contribution is 7.91. The van der Waals surface area contributed by atoms with Crippen LogP contribution in [-0.4, -0.2) is 64.7 Å². The third-order valence-electron chi connectivity index (χ3n) is 3.83. The van der Waals surface area contributed by atoms with Gasteiger partial charge in [0.25, 0.3) is 0 Å². The first-order valence-corrected chi connectivity index (χ1v) is 9.12. The fourth-order valence-corrected chi connectivity index (χ4v) is 3.63. The van der Waals surface area contributed by atoms with E-state index >= 15 is 0 Å². The van der Waals surface area contributed by atoms with E-state index in [1.165, 1.54) is 0 Å². The lowest BCUT2D eigenvalue weighted by Gasteiger charge is -2.30. The van der Waals surface area contributed by atoms with Crippen molar-refractivity contribution in [3.8, 4) is 0 Å². The highest BCUT2D eigenvalue weighted by Gasteiger charge is 2.22. The summed E-state index contributed by atoms with van der Waals surface area (Å²) in [5.74, 6) is 0.0663. The normalized spacial score (nSPS) is 15.6. The van der Waals surface area contributed by atoms with Crippen LogP contribution in [0.2, 0.25) is 0 Å². The van der Waals surface area contributed by atoms with E-state index in [0.29, 0.717) is 18.8 Å². The Labute approximate surface area is 132 Å².